The minimum absolute atomic E-state index is 0.0276. The van der Waals surface area contributed by atoms with E-state index in [2.05, 4.69) is 13.8 Å². The number of rotatable bonds is 4. The van der Waals surface area contributed by atoms with Crippen molar-refractivity contribution in [2.45, 2.75) is 58.3 Å². The third-order valence-electron chi connectivity index (χ3n) is 4.09. The molecule has 0 spiro atoms. The van der Waals surface area contributed by atoms with Crippen LogP contribution in [0.1, 0.15) is 38.3 Å². The van der Waals surface area contributed by atoms with Crippen LogP contribution in [-0.2, 0) is 17.6 Å². The van der Waals surface area contributed by atoms with Crippen molar-refractivity contribution in [3.8, 4) is 0 Å². The molecule has 6 heteroatoms. The maximum Gasteiger partial charge on any atom is 0.471 e. The number of nitrogens with two attached hydrogens (primary N) is 1. The number of amides is 1. The maximum atomic E-state index is 12.7. The minimum Gasteiger partial charge on any atom is -0.327 e. The Kier molecular flexibility index (Phi) is 5.04. The molecule has 2 rings (SSSR count). The summed E-state index contributed by atoms with van der Waals surface area (Å²) >= 11 is 0. The van der Waals surface area contributed by atoms with Crippen LogP contribution in [0.25, 0.3) is 0 Å². The second kappa shape index (κ2) is 6.51. The van der Waals surface area contributed by atoms with Gasteiger partial charge in [0.15, 0.2) is 0 Å². The highest BCUT2D eigenvalue weighted by Crippen LogP contribution is 2.36. The van der Waals surface area contributed by atoms with Crippen molar-refractivity contribution in [1.82, 2.24) is 0 Å². The zero-order valence-electron chi connectivity index (χ0n) is 13.7. The van der Waals surface area contributed by atoms with Crippen LogP contribution < -0.4 is 10.6 Å². The number of hydrogen-bond acceptors (Lipinski definition) is 2. The molecular formula is C17H23F3N2O. The van der Waals surface area contributed by atoms with E-state index in [1.807, 2.05) is 6.07 Å². The third kappa shape index (κ3) is 4.05. The van der Waals surface area contributed by atoms with Crippen LogP contribution in [-0.4, -0.2) is 24.2 Å². The van der Waals surface area contributed by atoms with Crippen molar-refractivity contribution in [2.24, 2.45) is 11.7 Å². The molecule has 3 nitrogen and oxygen atoms in total. The molecule has 23 heavy (non-hydrogen) atoms. The van der Waals surface area contributed by atoms with Gasteiger partial charge in [-0.05, 0) is 49.3 Å². The quantitative estimate of drug-likeness (QED) is 0.920. The Morgan fingerprint density at radius 1 is 1.39 bits per heavy atom. The first-order valence-electron chi connectivity index (χ1n) is 7.87. The Labute approximate surface area is 134 Å². The van der Waals surface area contributed by atoms with Crippen molar-refractivity contribution in [3.63, 3.8) is 0 Å². The second-order valence-corrected chi connectivity index (χ2v) is 6.78. The first kappa shape index (κ1) is 17.8. The fourth-order valence-electron chi connectivity index (χ4n) is 3.25. The highest BCUT2D eigenvalue weighted by Gasteiger charge is 2.46. The van der Waals surface area contributed by atoms with Gasteiger partial charge in [0.1, 0.15) is 0 Å². The number of fused-ring (bicyclic) bond motifs is 1. The molecule has 2 unspecified atom stereocenters. The first-order valence-corrected chi connectivity index (χ1v) is 7.87. The topological polar surface area (TPSA) is 46.3 Å². The molecule has 0 saturated heterocycles. The predicted molar refractivity (Wildman–Crippen MR) is 84.3 cm³/mol. The van der Waals surface area contributed by atoms with Crippen LogP contribution in [0.4, 0.5) is 18.9 Å². The van der Waals surface area contributed by atoms with Crippen molar-refractivity contribution >= 4 is 11.6 Å². The third-order valence-corrected chi connectivity index (χ3v) is 4.09. The zero-order valence-corrected chi connectivity index (χ0v) is 13.7. The molecular weight excluding hydrogens is 305 g/mol. The van der Waals surface area contributed by atoms with Gasteiger partial charge in [0.05, 0.1) is 0 Å². The summed E-state index contributed by atoms with van der Waals surface area (Å²) in [6.07, 6.45) is -2.84. The second-order valence-electron chi connectivity index (χ2n) is 6.78. The molecule has 0 fully saturated rings. The number of alkyl halides is 3. The minimum atomic E-state index is -4.85. The lowest BCUT2D eigenvalue weighted by atomic mass is 9.96. The van der Waals surface area contributed by atoms with Gasteiger partial charge in [-0.25, -0.2) is 0 Å². The normalized spacial score (nSPS) is 19.1. The van der Waals surface area contributed by atoms with Crippen LogP contribution in [0.5, 0.6) is 0 Å². The van der Waals surface area contributed by atoms with Crippen LogP contribution in [0, 0.1) is 5.92 Å². The molecule has 0 aliphatic carbocycles. The standard InChI is InChI=1S/C17H23F3N2O/c1-10(2)6-14(21)9-12-4-5-15-13(8-12)7-11(3)22(15)16(23)17(18,19)20/h4-5,8,10-11,14H,6-7,9,21H2,1-3H3. The number of carbonyl (C=O) groups excluding carboxylic acids is 1. The molecule has 1 aliphatic heterocycles. The van der Waals surface area contributed by atoms with Crippen LogP contribution in [0.2, 0.25) is 0 Å². The van der Waals surface area contributed by atoms with E-state index in [0.717, 1.165) is 22.4 Å². The van der Waals surface area contributed by atoms with Gasteiger partial charge < -0.3 is 10.6 Å². The molecule has 0 aromatic heterocycles. The van der Waals surface area contributed by atoms with Crippen molar-refractivity contribution in [3.05, 3.63) is 29.3 Å². The van der Waals surface area contributed by atoms with Crippen LogP contribution in [0.3, 0.4) is 0 Å². The van der Waals surface area contributed by atoms with Gasteiger partial charge in [-0.1, -0.05) is 26.0 Å². The molecule has 0 radical (unpaired) electrons. The van der Waals surface area contributed by atoms with Gasteiger partial charge in [0, 0.05) is 17.8 Å². The van der Waals surface area contributed by atoms with E-state index in [1.165, 1.54) is 0 Å². The molecule has 1 aromatic rings. The molecule has 1 amide bonds. The summed E-state index contributed by atoms with van der Waals surface area (Å²) < 4.78 is 38.2. The zero-order chi connectivity index (χ0) is 17.4. The van der Waals surface area contributed by atoms with Crippen LogP contribution >= 0.6 is 0 Å². The highest BCUT2D eigenvalue weighted by molar-refractivity contribution is 5.99. The fraction of sp³-hybridized carbons (Fsp3) is 0.588. The summed E-state index contributed by atoms with van der Waals surface area (Å²) in [6.45, 7) is 5.84. The Hall–Kier alpha value is -1.56. The molecule has 1 heterocycles. The van der Waals surface area contributed by atoms with Gasteiger partial charge in [-0.3, -0.25) is 4.79 Å². The summed E-state index contributed by atoms with van der Waals surface area (Å²) in [5, 5.41) is 0. The van der Waals surface area contributed by atoms with Gasteiger partial charge in [0.25, 0.3) is 0 Å². The summed E-state index contributed by atoms with van der Waals surface area (Å²) in [7, 11) is 0. The lowest BCUT2D eigenvalue weighted by Gasteiger charge is -2.23. The van der Waals surface area contributed by atoms with E-state index in [9.17, 15) is 18.0 Å². The van der Waals surface area contributed by atoms with Crippen LogP contribution in [0.15, 0.2) is 18.2 Å². The van der Waals surface area contributed by atoms with Gasteiger partial charge in [0.2, 0.25) is 0 Å². The molecule has 2 atom stereocenters. The van der Waals surface area contributed by atoms with E-state index in [4.69, 9.17) is 5.73 Å². The van der Waals surface area contributed by atoms with Crippen molar-refractivity contribution in [2.75, 3.05) is 4.90 Å². The number of nitrogens with zero attached hydrogens (tertiary/aromatic N) is 1. The Balaban J connectivity index is 2.20. The van der Waals surface area contributed by atoms with Crippen molar-refractivity contribution in [1.29, 1.82) is 0 Å². The smallest absolute Gasteiger partial charge is 0.327 e. The molecule has 0 bridgehead atoms. The van der Waals surface area contributed by atoms with E-state index in [-0.39, 0.29) is 6.04 Å². The summed E-state index contributed by atoms with van der Waals surface area (Å²) in [5.74, 6) is -1.30. The summed E-state index contributed by atoms with van der Waals surface area (Å²) in [6, 6.07) is 4.81. The largest absolute Gasteiger partial charge is 0.471 e. The molecule has 1 aromatic carbocycles. The highest BCUT2D eigenvalue weighted by atomic mass is 19.4. The maximum absolute atomic E-state index is 12.7. The Morgan fingerprint density at radius 3 is 2.61 bits per heavy atom. The lowest BCUT2D eigenvalue weighted by molar-refractivity contribution is -0.170. The van der Waals surface area contributed by atoms with Gasteiger partial charge in [-0.15, -0.1) is 0 Å². The average Bonchev–Trinajstić information content (AvgIpc) is 2.70. The Morgan fingerprint density at radius 2 is 2.04 bits per heavy atom. The van der Waals surface area contributed by atoms with E-state index >= 15 is 0 Å². The number of benzene rings is 1. The van der Waals surface area contributed by atoms with Crippen molar-refractivity contribution < 1.29 is 18.0 Å². The van der Waals surface area contributed by atoms with E-state index in [1.54, 1.807) is 19.1 Å². The molecule has 128 valence electrons. The number of carbonyl (C=O) groups is 1. The SMILES string of the molecule is CC(C)CC(N)Cc1ccc2c(c1)CC(C)N2C(=O)C(F)(F)F. The molecule has 1 aliphatic rings. The fourth-order valence-corrected chi connectivity index (χ4v) is 3.25. The summed E-state index contributed by atoms with van der Waals surface area (Å²) in [4.78, 5) is 12.5. The lowest BCUT2D eigenvalue weighted by Crippen LogP contribution is -2.44. The predicted octanol–water partition coefficient (Wildman–Crippen LogP) is 3.44. The average molecular weight is 328 g/mol. The molecule has 0 saturated carbocycles. The van der Waals surface area contributed by atoms with E-state index in [0.29, 0.717) is 24.4 Å². The number of halogens is 3. The Bertz CT molecular complexity index is 584. The first-order chi connectivity index (χ1) is 10.6. The van der Waals surface area contributed by atoms with E-state index < -0.39 is 18.1 Å². The summed E-state index contributed by atoms with van der Waals surface area (Å²) in [5.41, 5.74) is 8.25. The number of hydrogen-bond donors (Lipinski definition) is 1. The molecule has 2 N–H and O–H groups in total. The van der Waals surface area contributed by atoms with Gasteiger partial charge in [-0.2, -0.15) is 13.2 Å². The van der Waals surface area contributed by atoms with Gasteiger partial charge >= 0.3 is 12.1 Å². The number of anilines is 1. The monoisotopic (exact) mass is 328 g/mol.